The molecule has 0 aliphatic carbocycles. The van der Waals surface area contributed by atoms with Crippen molar-refractivity contribution in [2.75, 3.05) is 32.3 Å². The van der Waals surface area contributed by atoms with Crippen molar-refractivity contribution in [3.05, 3.63) is 34.9 Å². The minimum absolute atomic E-state index is 0.0663. The van der Waals surface area contributed by atoms with Crippen LogP contribution in [0.4, 0.5) is 26.3 Å². The highest BCUT2D eigenvalue weighted by molar-refractivity contribution is 7.99. The fourth-order valence-corrected chi connectivity index (χ4v) is 3.60. The van der Waals surface area contributed by atoms with Gasteiger partial charge in [-0.05, 0) is 23.8 Å². The van der Waals surface area contributed by atoms with Crippen molar-refractivity contribution in [1.29, 1.82) is 0 Å². The highest BCUT2D eigenvalue weighted by atomic mass is 32.2. The fourth-order valence-electron chi connectivity index (χ4n) is 2.86. The molecule has 0 N–H and O–H groups in total. The summed E-state index contributed by atoms with van der Waals surface area (Å²) in [6, 6.07) is 0.731. The number of ether oxygens (including phenoxy) is 4. The quantitative estimate of drug-likeness (QED) is 0.354. The Morgan fingerprint density at radius 2 is 1.52 bits per heavy atom. The highest BCUT2D eigenvalue weighted by Crippen LogP contribution is 2.38. The maximum absolute atomic E-state index is 13.2. The Morgan fingerprint density at radius 3 is 1.90 bits per heavy atom. The molecule has 174 valence electrons. The predicted molar refractivity (Wildman–Crippen MR) is 95.1 cm³/mol. The predicted octanol–water partition coefficient (Wildman–Crippen LogP) is 3.46. The van der Waals surface area contributed by atoms with Crippen molar-refractivity contribution in [3.8, 4) is 0 Å². The first-order valence-corrected chi connectivity index (χ1v) is 9.81. The van der Waals surface area contributed by atoms with E-state index < -0.39 is 59.3 Å². The lowest BCUT2D eigenvalue weighted by Gasteiger charge is -2.33. The van der Waals surface area contributed by atoms with Crippen LogP contribution in [0.3, 0.4) is 0 Å². The average Bonchev–Trinajstić information content (AvgIpc) is 2.71. The SMILES string of the molecule is COC(=O)C(Cc1cc(C(F)(F)F)cc(C(F)(F)F)c1)(OC1CSCCO1)C(=O)OC. The van der Waals surface area contributed by atoms with E-state index in [0.717, 1.165) is 14.2 Å². The second kappa shape index (κ2) is 9.65. The Morgan fingerprint density at radius 1 is 1.00 bits per heavy atom. The number of hydrogen-bond acceptors (Lipinski definition) is 7. The Bertz CT molecular complexity index is 755. The molecule has 31 heavy (non-hydrogen) atoms. The van der Waals surface area contributed by atoms with Gasteiger partial charge in [0.15, 0.2) is 6.29 Å². The first-order chi connectivity index (χ1) is 14.3. The van der Waals surface area contributed by atoms with Crippen molar-refractivity contribution < 1.29 is 54.9 Å². The Balaban J connectivity index is 2.59. The molecule has 1 fully saturated rings. The molecule has 1 saturated heterocycles. The number of alkyl halides is 6. The van der Waals surface area contributed by atoms with E-state index in [4.69, 9.17) is 9.47 Å². The van der Waals surface area contributed by atoms with Gasteiger partial charge in [-0.1, -0.05) is 0 Å². The standard InChI is InChI=1S/C18H18F6O6S/c1-27-14(25)16(15(26)28-2,30-13-9-31-4-3-29-13)8-10-5-11(17(19,20)21)7-12(6-10)18(22,23)24/h5-7,13H,3-4,8-9H2,1-2H3. The molecule has 1 aliphatic heterocycles. The van der Waals surface area contributed by atoms with Gasteiger partial charge in [0, 0.05) is 17.9 Å². The van der Waals surface area contributed by atoms with Gasteiger partial charge in [-0.3, -0.25) is 0 Å². The molecule has 1 aromatic carbocycles. The van der Waals surface area contributed by atoms with Gasteiger partial charge < -0.3 is 18.9 Å². The lowest BCUT2D eigenvalue weighted by atomic mass is 9.91. The largest absolute Gasteiger partial charge is 0.466 e. The molecule has 1 unspecified atom stereocenters. The molecule has 0 saturated carbocycles. The van der Waals surface area contributed by atoms with E-state index in [9.17, 15) is 35.9 Å². The zero-order valence-corrected chi connectivity index (χ0v) is 17.1. The normalized spacial score (nSPS) is 17.9. The minimum atomic E-state index is -5.11. The number of methoxy groups -OCH3 is 2. The van der Waals surface area contributed by atoms with Crippen molar-refractivity contribution in [1.82, 2.24) is 0 Å². The Labute approximate surface area is 177 Å². The van der Waals surface area contributed by atoms with E-state index in [1.54, 1.807) is 0 Å². The zero-order valence-electron chi connectivity index (χ0n) is 16.3. The molecule has 0 aromatic heterocycles. The van der Waals surface area contributed by atoms with E-state index in [1.165, 1.54) is 11.8 Å². The van der Waals surface area contributed by atoms with Crippen LogP contribution >= 0.6 is 11.8 Å². The van der Waals surface area contributed by atoms with Crippen molar-refractivity contribution in [3.63, 3.8) is 0 Å². The van der Waals surface area contributed by atoms with E-state index in [-0.39, 0.29) is 18.4 Å². The maximum Gasteiger partial charge on any atom is 0.416 e. The number of hydrogen-bond donors (Lipinski definition) is 0. The molecule has 0 spiro atoms. The van der Waals surface area contributed by atoms with Crippen LogP contribution in [0.5, 0.6) is 0 Å². The topological polar surface area (TPSA) is 71.1 Å². The van der Waals surface area contributed by atoms with Gasteiger partial charge in [0.1, 0.15) is 0 Å². The van der Waals surface area contributed by atoms with Gasteiger partial charge >= 0.3 is 24.3 Å². The van der Waals surface area contributed by atoms with E-state index >= 15 is 0 Å². The summed E-state index contributed by atoms with van der Waals surface area (Å²) in [4.78, 5) is 25.0. The van der Waals surface area contributed by atoms with Crippen LogP contribution in [-0.2, 0) is 47.3 Å². The number of benzene rings is 1. The minimum Gasteiger partial charge on any atom is -0.466 e. The van der Waals surface area contributed by atoms with Crippen molar-refractivity contribution in [2.45, 2.75) is 30.7 Å². The molecular formula is C18H18F6O6S. The number of rotatable bonds is 6. The second-order valence-corrected chi connectivity index (χ2v) is 7.54. The van der Waals surface area contributed by atoms with Crippen LogP contribution in [0.2, 0.25) is 0 Å². The molecule has 1 heterocycles. The molecule has 0 bridgehead atoms. The van der Waals surface area contributed by atoms with E-state index in [0.29, 0.717) is 17.9 Å². The Kier molecular flexibility index (Phi) is 7.87. The first kappa shape index (κ1) is 25.3. The van der Waals surface area contributed by atoms with Crippen LogP contribution in [0.1, 0.15) is 16.7 Å². The van der Waals surface area contributed by atoms with Crippen LogP contribution in [-0.4, -0.2) is 56.2 Å². The molecule has 1 aromatic rings. The second-order valence-electron chi connectivity index (χ2n) is 6.39. The van der Waals surface area contributed by atoms with Gasteiger partial charge in [0.25, 0.3) is 5.60 Å². The van der Waals surface area contributed by atoms with Gasteiger partial charge in [-0.2, -0.15) is 38.1 Å². The van der Waals surface area contributed by atoms with Gasteiger partial charge in [-0.25, -0.2) is 9.59 Å². The average molecular weight is 476 g/mol. The van der Waals surface area contributed by atoms with Crippen molar-refractivity contribution in [2.24, 2.45) is 0 Å². The molecule has 0 radical (unpaired) electrons. The number of carbonyl (C=O) groups is 2. The summed E-state index contributed by atoms with van der Waals surface area (Å²) < 4.78 is 99.1. The molecule has 0 amide bonds. The number of carbonyl (C=O) groups excluding carboxylic acids is 2. The van der Waals surface area contributed by atoms with E-state index in [2.05, 4.69) is 9.47 Å². The monoisotopic (exact) mass is 476 g/mol. The summed E-state index contributed by atoms with van der Waals surface area (Å²) in [6.07, 6.45) is -12.4. The van der Waals surface area contributed by atoms with Gasteiger partial charge in [-0.15, -0.1) is 0 Å². The summed E-state index contributed by atoms with van der Waals surface area (Å²) in [7, 11) is 1.76. The van der Waals surface area contributed by atoms with Crippen molar-refractivity contribution >= 4 is 23.7 Å². The third-order valence-electron chi connectivity index (χ3n) is 4.25. The molecule has 2 rings (SSSR count). The van der Waals surface area contributed by atoms with Crippen LogP contribution in [0.15, 0.2) is 18.2 Å². The van der Waals surface area contributed by atoms with Crippen LogP contribution < -0.4 is 0 Å². The molecule has 13 heteroatoms. The Hall–Kier alpha value is -1.99. The van der Waals surface area contributed by atoms with Crippen LogP contribution in [0, 0.1) is 0 Å². The molecule has 6 nitrogen and oxygen atoms in total. The number of esters is 2. The third-order valence-corrected chi connectivity index (χ3v) is 5.21. The number of thioether (sulfide) groups is 1. The molecular weight excluding hydrogens is 458 g/mol. The maximum atomic E-state index is 13.2. The third kappa shape index (κ3) is 6.04. The molecule has 1 atom stereocenters. The van der Waals surface area contributed by atoms with E-state index in [1.807, 2.05) is 0 Å². The summed E-state index contributed by atoms with van der Waals surface area (Å²) in [6.45, 7) is 0.190. The lowest BCUT2D eigenvalue weighted by molar-refractivity contribution is -0.225. The number of halogens is 6. The smallest absolute Gasteiger partial charge is 0.416 e. The highest BCUT2D eigenvalue weighted by Gasteiger charge is 2.53. The first-order valence-electron chi connectivity index (χ1n) is 8.66. The fraction of sp³-hybridized carbons (Fsp3) is 0.556. The molecule has 1 aliphatic rings. The summed E-state index contributed by atoms with van der Waals surface area (Å²) in [5.41, 5.74) is -6.53. The summed E-state index contributed by atoms with van der Waals surface area (Å²) in [5, 5.41) is 0. The van der Waals surface area contributed by atoms with Gasteiger partial charge in [0.2, 0.25) is 0 Å². The van der Waals surface area contributed by atoms with Crippen LogP contribution in [0.25, 0.3) is 0 Å². The summed E-state index contributed by atoms with van der Waals surface area (Å²) >= 11 is 1.35. The lowest BCUT2D eigenvalue weighted by Crippen LogP contribution is -2.55. The summed E-state index contributed by atoms with van der Waals surface area (Å²) in [5.74, 6) is -1.97. The zero-order chi connectivity index (χ0) is 23.4. The van der Waals surface area contributed by atoms with Gasteiger partial charge in [0.05, 0.1) is 32.0 Å².